The standard InChI is InChI=1S/C24H22N2O4/c1-17-9-11-18(12-10-17)24(27)26(16-20-6-5-13-29-20)15-19-14-23(30-25-19)21-7-3-4-8-22(21)28-2/h3-14H,15-16H2,1-2H3. The molecule has 0 bridgehead atoms. The topological polar surface area (TPSA) is 68.7 Å². The summed E-state index contributed by atoms with van der Waals surface area (Å²) in [6.45, 7) is 2.60. The Kier molecular flexibility index (Phi) is 5.66. The smallest absolute Gasteiger partial charge is 0.254 e. The fraction of sp³-hybridized carbons (Fsp3) is 0.167. The average molecular weight is 402 g/mol. The summed E-state index contributed by atoms with van der Waals surface area (Å²) in [5.74, 6) is 1.88. The van der Waals surface area contributed by atoms with Crippen LogP contribution in [0.2, 0.25) is 0 Å². The molecule has 0 saturated heterocycles. The molecular weight excluding hydrogens is 380 g/mol. The number of ether oxygens (including phenoxy) is 1. The Hall–Kier alpha value is -3.80. The second-order valence-electron chi connectivity index (χ2n) is 6.99. The van der Waals surface area contributed by atoms with Gasteiger partial charge in [0.25, 0.3) is 5.91 Å². The van der Waals surface area contributed by atoms with Crippen LogP contribution in [0.25, 0.3) is 11.3 Å². The molecule has 4 rings (SSSR count). The lowest BCUT2D eigenvalue weighted by Gasteiger charge is -2.20. The highest BCUT2D eigenvalue weighted by atomic mass is 16.5. The van der Waals surface area contributed by atoms with E-state index in [0.717, 1.165) is 11.1 Å². The SMILES string of the molecule is COc1ccccc1-c1cc(CN(Cc2ccco2)C(=O)c2ccc(C)cc2)no1. The number of carbonyl (C=O) groups is 1. The van der Waals surface area contributed by atoms with Gasteiger partial charge in [0.1, 0.15) is 17.2 Å². The quantitative estimate of drug-likeness (QED) is 0.430. The molecule has 0 fully saturated rings. The highest BCUT2D eigenvalue weighted by Gasteiger charge is 2.20. The number of benzene rings is 2. The van der Waals surface area contributed by atoms with Gasteiger partial charge in [0.2, 0.25) is 0 Å². The van der Waals surface area contributed by atoms with Crippen molar-refractivity contribution in [1.29, 1.82) is 0 Å². The van der Waals surface area contributed by atoms with Crippen molar-refractivity contribution in [2.45, 2.75) is 20.0 Å². The zero-order valence-corrected chi connectivity index (χ0v) is 16.9. The predicted molar refractivity (Wildman–Crippen MR) is 112 cm³/mol. The van der Waals surface area contributed by atoms with E-state index in [-0.39, 0.29) is 12.5 Å². The zero-order valence-electron chi connectivity index (χ0n) is 16.9. The number of amides is 1. The number of furan rings is 1. The highest BCUT2D eigenvalue weighted by molar-refractivity contribution is 5.94. The number of hydrogen-bond donors (Lipinski definition) is 0. The van der Waals surface area contributed by atoms with E-state index in [1.54, 1.807) is 24.3 Å². The van der Waals surface area contributed by atoms with Gasteiger partial charge in [0.05, 0.1) is 32.0 Å². The molecule has 0 saturated carbocycles. The van der Waals surface area contributed by atoms with E-state index < -0.39 is 0 Å². The number of aryl methyl sites for hydroxylation is 1. The van der Waals surface area contributed by atoms with Gasteiger partial charge in [-0.2, -0.15) is 0 Å². The number of aromatic nitrogens is 1. The second-order valence-corrected chi connectivity index (χ2v) is 6.99. The molecule has 6 nitrogen and oxygen atoms in total. The minimum Gasteiger partial charge on any atom is -0.496 e. The normalized spacial score (nSPS) is 10.7. The minimum atomic E-state index is -0.103. The van der Waals surface area contributed by atoms with Crippen LogP contribution < -0.4 is 4.74 Å². The Labute approximate surface area is 174 Å². The molecule has 0 aliphatic rings. The number of rotatable bonds is 7. The molecule has 2 aromatic carbocycles. The van der Waals surface area contributed by atoms with Gasteiger partial charge in [-0.15, -0.1) is 0 Å². The summed E-state index contributed by atoms with van der Waals surface area (Å²) in [5, 5.41) is 4.17. The molecule has 6 heteroatoms. The van der Waals surface area contributed by atoms with Crippen LogP contribution in [-0.4, -0.2) is 23.1 Å². The number of carbonyl (C=O) groups excluding carboxylic acids is 1. The van der Waals surface area contributed by atoms with Gasteiger partial charge in [-0.05, 0) is 43.3 Å². The third-order valence-electron chi connectivity index (χ3n) is 4.80. The first-order chi connectivity index (χ1) is 14.6. The van der Waals surface area contributed by atoms with E-state index in [2.05, 4.69) is 5.16 Å². The van der Waals surface area contributed by atoms with Crippen LogP contribution in [0.1, 0.15) is 27.4 Å². The lowest BCUT2D eigenvalue weighted by Crippen LogP contribution is -2.30. The van der Waals surface area contributed by atoms with Crippen molar-refractivity contribution in [2.24, 2.45) is 0 Å². The van der Waals surface area contributed by atoms with E-state index in [9.17, 15) is 4.79 Å². The van der Waals surface area contributed by atoms with Crippen molar-refractivity contribution in [3.8, 4) is 17.1 Å². The maximum Gasteiger partial charge on any atom is 0.254 e. The second kappa shape index (κ2) is 8.69. The summed E-state index contributed by atoms with van der Waals surface area (Å²) >= 11 is 0. The number of methoxy groups -OCH3 is 1. The maximum absolute atomic E-state index is 13.2. The van der Waals surface area contributed by atoms with Crippen LogP contribution in [-0.2, 0) is 13.1 Å². The van der Waals surface area contributed by atoms with Gasteiger partial charge >= 0.3 is 0 Å². The van der Waals surface area contributed by atoms with E-state index in [1.165, 1.54) is 0 Å². The van der Waals surface area contributed by atoms with E-state index in [4.69, 9.17) is 13.7 Å². The van der Waals surface area contributed by atoms with Crippen LogP contribution in [0.5, 0.6) is 5.75 Å². The van der Waals surface area contributed by atoms with Gasteiger partial charge < -0.3 is 18.6 Å². The predicted octanol–water partition coefficient (Wildman–Crippen LogP) is 5.09. The fourth-order valence-electron chi connectivity index (χ4n) is 3.23. The summed E-state index contributed by atoms with van der Waals surface area (Å²) in [6.07, 6.45) is 1.60. The van der Waals surface area contributed by atoms with E-state index >= 15 is 0 Å². The molecule has 2 heterocycles. The largest absolute Gasteiger partial charge is 0.496 e. The molecule has 1 amide bonds. The number of para-hydroxylation sites is 1. The molecule has 0 atom stereocenters. The molecule has 0 unspecified atom stereocenters. The summed E-state index contributed by atoms with van der Waals surface area (Å²) in [7, 11) is 1.61. The van der Waals surface area contributed by atoms with Crippen molar-refractivity contribution in [3.63, 3.8) is 0 Å². The van der Waals surface area contributed by atoms with E-state index in [0.29, 0.717) is 35.1 Å². The highest BCUT2D eigenvalue weighted by Crippen LogP contribution is 2.30. The van der Waals surface area contributed by atoms with Gasteiger partial charge in [0, 0.05) is 11.6 Å². The summed E-state index contributed by atoms with van der Waals surface area (Å²) < 4.78 is 16.4. The Bertz CT molecular complexity index is 1110. The molecule has 0 aliphatic carbocycles. The third kappa shape index (κ3) is 4.27. The number of hydrogen-bond acceptors (Lipinski definition) is 5. The summed E-state index contributed by atoms with van der Waals surface area (Å²) in [4.78, 5) is 14.9. The maximum atomic E-state index is 13.2. The van der Waals surface area contributed by atoms with Gasteiger partial charge in [-0.3, -0.25) is 4.79 Å². The van der Waals surface area contributed by atoms with Crippen LogP contribution in [0.4, 0.5) is 0 Å². The van der Waals surface area contributed by atoms with Crippen molar-refractivity contribution in [3.05, 3.63) is 95.6 Å². The average Bonchev–Trinajstić information content (AvgIpc) is 3.45. The van der Waals surface area contributed by atoms with Crippen LogP contribution >= 0.6 is 0 Å². The molecule has 2 aromatic heterocycles. The first-order valence-corrected chi connectivity index (χ1v) is 9.61. The first kappa shape index (κ1) is 19.5. The Morgan fingerprint density at radius 1 is 1.03 bits per heavy atom. The molecule has 4 aromatic rings. The molecule has 30 heavy (non-hydrogen) atoms. The Morgan fingerprint density at radius 3 is 2.57 bits per heavy atom. The lowest BCUT2D eigenvalue weighted by atomic mass is 10.1. The van der Waals surface area contributed by atoms with Crippen LogP contribution in [0.3, 0.4) is 0 Å². The van der Waals surface area contributed by atoms with Gasteiger partial charge in [-0.25, -0.2) is 0 Å². The van der Waals surface area contributed by atoms with Crippen molar-refractivity contribution < 1.29 is 18.5 Å². The minimum absolute atomic E-state index is 0.103. The molecular formula is C24H22N2O4. The molecule has 0 spiro atoms. The Balaban J connectivity index is 1.60. The molecule has 0 radical (unpaired) electrons. The van der Waals surface area contributed by atoms with Gasteiger partial charge in [-0.1, -0.05) is 35.0 Å². The molecule has 0 N–H and O–H groups in total. The molecule has 152 valence electrons. The Morgan fingerprint density at radius 2 is 1.83 bits per heavy atom. The lowest BCUT2D eigenvalue weighted by molar-refractivity contribution is 0.0713. The van der Waals surface area contributed by atoms with Crippen molar-refractivity contribution >= 4 is 5.91 Å². The number of nitrogens with zero attached hydrogens (tertiary/aromatic N) is 2. The summed E-state index contributed by atoms with van der Waals surface area (Å²) in [5.41, 5.74) is 3.16. The van der Waals surface area contributed by atoms with Gasteiger partial charge in [0.15, 0.2) is 5.76 Å². The van der Waals surface area contributed by atoms with Crippen molar-refractivity contribution in [1.82, 2.24) is 10.1 Å². The molecule has 0 aliphatic heterocycles. The first-order valence-electron chi connectivity index (χ1n) is 9.61. The zero-order chi connectivity index (χ0) is 20.9. The summed E-state index contributed by atoms with van der Waals surface area (Å²) in [6, 6.07) is 20.6. The van der Waals surface area contributed by atoms with Crippen LogP contribution in [0.15, 0.2) is 81.9 Å². The van der Waals surface area contributed by atoms with E-state index in [1.807, 2.05) is 67.6 Å². The fourth-order valence-corrected chi connectivity index (χ4v) is 3.23. The third-order valence-corrected chi connectivity index (χ3v) is 4.80. The van der Waals surface area contributed by atoms with Crippen molar-refractivity contribution in [2.75, 3.05) is 7.11 Å². The monoisotopic (exact) mass is 402 g/mol. The van der Waals surface area contributed by atoms with Crippen LogP contribution in [0, 0.1) is 6.92 Å².